The monoisotopic (exact) mass is 331 g/mol. The molecule has 0 N–H and O–H groups in total. The van der Waals surface area contributed by atoms with E-state index < -0.39 is 17.2 Å². The molecule has 0 saturated carbocycles. The van der Waals surface area contributed by atoms with Crippen molar-refractivity contribution in [3.8, 4) is 0 Å². The fourth-order valence-electron chi connectivity index (χ4n) is 1.58. The Hall–Kier alpha value is -1.87. The molecule has 3 aromatic rings. The van der Waals surface area contributed by atoms with Crippen molar-refractivity contribution in [3.63, 3.8) is 0 Å². The van der Waals surface area contributed by atoms with Gasteiger partial charge in [-0.1, -0.05) is 6.07 Å². The molecule has 0 fully saturated rings. The van der Waals surface area contributed by atoms with E-state index in [4.69, 9.17) is 11.6 Å². The van der Waals surface area contributed by atoms with E-state index >= 15 is 0 Å². The zero-order valence-electron chi connectivity index (χ0n) is 10.0. The number of halogens is 4. The largest absolute Gasteiger partial charge is 0.433 e. The number of aromatic nitrogens is 5. The molecule has 108 valence electrons. The van der Waals surface area contributed by atoms with Crippen LogP contribution in [0.2, 0.25) is 5.28 Å². The molecule has 10 heteroatoms. The number of hydrogen-bond acceptors (Lipinski definition) is 5. The maximum Gasteiger partial charge on any atom is 0.433 e. The minimum atomic E-state index is -4.59. The van der Waals surface area contributed by atoms with Gasteiger partial charge in [0, 0.05) is 12.3 Å². The molecule has 3 aromatic heterocycles. The fourth-order valence-corrected chi connectivity index (χ4v) is 2.63. The minimum Gasteiger partial charge on any atom is -0.277 e. The molecule has 0 spiro atoms. The molecular formula is C11H5ClF3N5S. The van der Waals surface area contributed by atoms with Crippen molar-refractivity contribution in [1.29, 1.82) is 0 Å². The average Bonchev–Trinajstić information content (AvgIpc) is 2.81. The van der Waals surface area contributed by atoms with E-state index in [9.17, 15) is 13.2 Å². The Morgan fingerprint density at radius 3 is 2.71 bits per heavy atom. The Morgan fingerprint density at radius 1 is 1.14 bits per heavy atom. The van der Waals surface area contributed by atoms with Gasteiger partial charge < -0.3 is 0 Å². The third-order valence-corrected chi connectivity index (χ3v) is 3.49. The van der Waals surface area contributed by atoms with Gasteiger partial charge in [-0.3, -0.25) is 4.40 Å². The molecule has 0 amide bonds. The quantitative estimate of drug-likeness (QED) is 0.532. The number of alkyl halides is 3. The molecule has 0 unspecified atom stereocenters. The van der Waals surface area contributed by atoms with Gasteiger partial charge in [0.25, 0.3) is 0 Å². The Bertz CT molecular complexity index is 804. The molecule has 0 saturated heterocycles. The molecule has 0 aromatic carbocycles. The third-order valence-electron chi connectivity index (χ3n) is 2.44. The van der Waals surface area contributed by atoms with Crippen molar-refractivity contribution in [3.05, 3.63) is 41.4 Å². The lowest BCUT2D eigenvalue weighted by atomic mass is 10.4. The predicted molar refractivity (Wildman–Crippen MR) is 69.2 cm³/mol. The van der Waals surface area contributed by atoms with Gasteiger partial charge in [0.2, 0.25) is 10.4 Å². The highest BCUT2D eigenvalue weighted by Crippen LogP contribution is 2.32. The molecule has 3 rings (SSSR count). The Balaban J connectivity index is 2.00. The van der Waals surface area contributed by atoms with E-state index in [0.29, 0.717) is 10.8 Å². The van der Waals surface area contributed by atoms with Crippen LogP contribution in [0.25, 0.3) is 5.65 Å². The minimum absolute atomic E-state index is 0.0421. The van der Waals surface area contributed by atoms with Crippen LogP contribution in [-0.4, -0.2) is 24.6 Å². The Labute approximate surface area is 125 Å². The SMILES string of the molecule is FC(F)(F)c1cc(Sc2nnc3ccccn23)nc(Cl)n1. The van der Waals surface area contributed by atoms with Gasteiger partial charge in [-0.25, -0.2) is 9.97 Å². The van der Waals surface area contributed by atoms with E-state index in [0.717, 1.165) is 17.8 Å². The van der Waals surface area contributed by atoms with Crippen LogP contribution in [0.1, 0.15) is 5.69 Å². The molecule has 0 radical (unpaired) electrons. The summed E-state index contributed by atoms with van der Waals surface area (Å²) >= 11 is 6.46. The van der Waals surface area contributed by atoms with Crippen molar-refractivity contribution >= 4 is 29.0 Å². The van der Waals surface area contributed by atoms with E-state index in [1.807, 2.05) is 0 Å². The first-order chi connectivity index (χ1) is 9.93. The lowest BCUT2D eigenvalue weighted by Crippen LogP contribution is -2.09. The van der Waals surface area contributed by atoms with Gasteiger partial charge in [-0.15, -0.1) is 10.2 Å². The lowest BCUT2D eigenvalue weighted by Gasteiger charge is -2.07. The number of fused-ring (bicyclic) bond motifs is 1. The van der Waals surface area contributed by atoms with Gasteiger partial charge in [0.05, 0.1) is 0 Å². The number of hydrogen-bond donors (Lipinski definition) is 0. The third kappa shape index (κ3) is 2.93. The highest BCUT2D eigenvalue weighted by Gasteiger charge is 2.33. The fraction of sp³-hybridized carbons (Fsp3) is 0.0909. The first-order valence-electron chi connectivity index (χ1n) is 5.53. The first-order valence-corrected chi connectivity index (χ1v) is 6.72. The van der Waals surface area contributed by atoms with E-state index in [-0.39, 0.29) is 5.03 Å². The summed E-state index contributed by atoms with van der Waals surface area (Å²) < 4.78 is 39.7. The van der Waals surface area contributed by atoms with Crippen LogP contribution in [0.15, 0.2) is 40.6 Å². The summed E-state index contributed by atoms with van der Waals surface area (Å²) in [5, 5.41) is 7.76. The van der Waals surface area contributed by atoms with Crippen LogP contribution in [0.4, 0.5) is 13.2 Å². The zero-order valence-corrected chi connectivity index (χ0v) is 11.6. The molecular weight excluding hydrogens is 327 g/mol. The van der Waals surface area contributed by atoms with Gasteiger partial charge in [-0.05, 0) is 35.5 Å². The van der Waals surface area contributed by atoms with Crippen molar-refractivity contribution in [2.24, 2.45) is 0 Å². The van der Waals surface area contributed by atoms with Gasteiger partial charge in [-0.2, -0.15) is 13.2 Å². The second-order valence-corrected chi connectivity index (χ2v) is 5.20. The van der Waals surface area contributed by atoms with Crippen LogP contribution in [0.5, 0.6) is 0 Å². The molecule has 0 bridgehead atoms. The molecule has 0 aliphatic carbocycles. The van der Waals surface area contributed by atoms with E-state index in [2.05, 4.69) is 20.2 Å². The Morgan fingerprint density at radius 2 is 1.95 bits per heavy atom. The molecule has 21 heavy (non-hydrogen) atoms. The maximum atomic E-state index is 12.7. The highest BCUT2D eigenvalue weighted by molar-refractivity contribution is 7.99. The van der Waals surface area contributed by atoms with Crippen molar-refractivity contribution in [2.45, 2.75) is 16.4 Å². The summed E-state index contributed by atoms with van der Waals surface area (Å²) in [5.74, 6) is 0. The molecule has 0 aliphatic rings. The second kappa shape index (κ2) is 5.15. The molecule has 0 atom stereocenters. The van der Waals surface area contributed by atoms with Gasteiger partial charge in [0.15, 0.2) is 11.3 Å². The smallest absolute Gasteiger partial charge is 0.277 e. The topological polar surface area (TPSA) is 56.0 Å². The Kier molecular flexibility index (Phi) is 3.46. The van der Waals surface area contributed by atoms with Crippen LogP contribution >= 0.6 is 23.4 Å². The van der Waals surface area contributed by atoms with Gasteiger partial charge in [0.1, 0.15) is 5.03 Å². The summed E-state index contributed by atoms with van der Waals surface area (Å²) in [6.45, 7) is 0. The molecule has 3 heterocycles. The maximum absolute atomic E-state index is 12.7. The predicted octanol–water partition coefficient (Wildman–Crippen LogP) is 3.34. The van der Waals surface area contributed by atoms with Crippen LogP contribution in [0, 0.1) is 0 Å². The summed E-state index contributed by atoms with van der Waals surface area (Å²) in [5.41, 5.74) is -0.519. The van der Waals surface area contributed by atoms with Crippen LogP contribution in [0.3, 0.4) is 0 Å². The summed E-state index contributed by atoms with van der Waals surface area (Å²) in [7, 11) is 0. The second-order valence-electron chi connectivity index (χ2n) is 3.87. The number of rotatable bonds is 2. The zero-order chi connectivity index (χ0) is 15.0. The average molecular weight is 332 g/mol. The number of pyridine rings is 1. The highest BCUT2D eigenvalue weighted by atomic mass is 35.5. The summed E-state index contributed by atoms with van der Waals surface area (Å²) in [4.78, 5) is 6.94. The van der Waals surface area contributed by atoms with Gasteiger partial charge >= 0.3 is 6.18 Å². The lowest BCUT2D eigenvalue weighted by molar-refractivity contribution is -0.141. The van der Waals surface area contributed by atoms with E-state index in [1.165, 1.54) is 0 Å². The summed E-state index contributed by atoms with van der Waals surface area (Å²) in [6.07, 6.45) is -2.89. The van der Waals surface area contributed by atoms with Crippen molar-refractivity contribution in [1.82, 2.24) is 24.6 Å². The summed E-state index contributed by atoms with van der Waals surface area (Å²) in [6, 6.07) is 6.09. The van der Waals surface area contributed by atoms with Crippen molar-refractivity contribution < 1.29 is 13.2 Å². The molecule has 5 nitrogen and oxygen atoms in total. The van der Waals surface area contributed by atoms with Crippen LogP contribution in [-0.2, 0) is 6.18 Å². The normalized spacial score (nSPS) is 12.0. The first kappa shape index (κ1) is 14.1. The van der Waals surface area contributed by atoms with E-state index in [1.54, 1.807) is 28.8 Å². The van der Waals surface area contributed by atoms with Crippen LogP contribution < -0.4 is 0 Å². The standard InChI is InChI=1S/C11H5ClF3N5S/c12-9-16-6(11(13,14)15)5-8(17-9)21-10-19-18-7-3-1-2-4-20(7)10/h1-5H. The molecule has 0 aliphatic heterocycles. The number of nitrogens with zero attached hydrogens (tertiary/aromatic N) is 5. The van der Waals surface area contributed by atoms with Crippen molar-refractivity contribution in [2.75, 3.05) is 0 Å².